The summed E-state index contributed by atoms with van der Waals surface area (Å²) in [6.07, 6.45) is 3.42. The molecule has 0 spiro atoms. The molecule has 0 aromatic heterocycles. The van der Waals surface area contributed by atoms with Crippen molar-refractivity contribution >= 4 is 35.5 Å². The normalized spacial score (nSPS) is 17.4. The summed E-state index contributed by atoms with van der Waals surface area (Å²) in [6.45, 7) is 0.0512. The van der Waals surface area contributed by atoms with Gasteiger partial charge in [0, 0.05) is 6.54 Å². The highest BCUT2D eigenvalue weighted by Crippen LogP contribution is 2.18. The van der Waals surface area contributed by atoms with Crippen molar-refractivity contribution in [2.24, 2.45) is 5.73 Å². The zero-order valence-corrected chi connectivity index (χ0v) is 18.8. The first kappa shape index (κ1) is 25.5. The van der Waals surface area contributed by atoms with Crippen LogP contribution in [-0.2, 0) is 25.6 Å². The molecular formula is C21H30N4O6S. The fourth-order valence-electron chi connectivity index (χ4n) is 3.47. The van der Waals surface area contributed by atoms with Gasteiger partial charge in [-0.1, -0.05) is 12.1 Å². The Kier molecular flexibility index (Phi) is 9.79. The number of phenols is 1. The van der Waals surface area contributed by atoms with E-state index in [1.54, 1.807) is 12.1 Å². The Morgan fingerprint density at radius 3 is 2.56 bits per heavy atom. The van der Waals surface area contributed by atoms with E-state index in [-0.39, 0.29) is 25.1 Å². The van der Waals surface area contributed by atoms with Gasteiger partial charge in [0.25, 0.3) is 0 Å². The monoisotopic (exact) mass is 466 g/mol. The van der Waals surface area contributed by atoms with Gasteiger partial charge in [-0.15, -0.1) is 0 Å². The molecule has 32 heavy (non-hydrogen) atoms. The largest absolute Gasteiger partial charge is 0.508 e. The number of benzene rings is 1. The standard InChI is InChI=1S/C21H30N4O6S/c1-32-10-8-16(21(30)31)24-20(29)17-3-2-9-25(17)18(27)12-23-19(28)15(22)11-13-4-6-14(26)7-5-13/h4-7,15-17,26H,2-3,8-12,22H2,1H3,(H,23,28)(H,24,29)(H,30,31). The van der Waals surface area contributed by atoms with Crippen LogP contribution in [0.5, 0.6) is 5.75 Å². The van der Waals surface area contributed by atoms with E-state index < -0.39 is 41.8 Å². The molecule has 1 aliphatic rings. The number of thioether (sulfide) groups is 1. The number of hydrogen-bond acceptors (Lipinski definition) is 7. The average Bonchev–Trinajstić information content (AvgIpc) is 3.26. The van der Waals surface area contributed by atoms with Crippen molar-refractivity contribution in [3.63, 3.8) is 0 Å². The Balaban J connectivity index is 1.86. The first-order valence-corrected chi connectivity index (χ1v) is 11.7. The smallest absolute Gasteiger partial charge is 0.326 e. The molecular weight excluding hydrogens is 436 g/mol. The van der Waals surface area contributed by atoms with Crippen LogP contribution in [0, 0.1) is 0 Å². The summed E-state index contributed by atoms with van der Waals surface area (Å²) < 4.78 is 0. The van der Waals surface area contributed by atoms with Crippen molar-refractivity contribution in [2.75, 3.05) is 25.1 Å². The Morgan fingerprint density at radius 1 is 1.25 bits per heavy atom. The molecule has 176 valence electrons. The highest BCUT2D eigenvalue weighted by Gasteiger charge is 2.35. The number of aliphatic carboxylic acids is 1. The fourth-order valence-corrected chi connectivity index (χ4v) is 3.94. The van der Waals surface area contributed by atoms with Crippen LogP contribution in [0.3, 0.4) is 0 Å². The molecule has 1 aliphatic heterocycles. The third kappa shape index (κ3) is 7.41. The predicted molar refractivity (Wildman–Crippen MR) is 120 cm³/mol. The number of carboxylic acid groups (broad SMARTS) is 1. The van der Waals surface area contributed by atoms with Gasteiger partial charge >= 0.3 is 5.97 Å². The van der Waals surface area contributed by atoms with E-state index in [1.165, 1.54) is 28.8 Å². The van der Waals surface area contributed by atoms with Crippen molar-refractivity contribution in [3.8, 4) is 5.75 Å². The SMILES string of the molecule is CSCCC(NC(=O)C1CCCN1C(=O)CNC(=O)C(N)Cc1ccc(O)cc1)C(=O)O. The third-order valence-electron chi connectivity index (χ3n) is 5.24. The molecule has 3 unspecified atom stereocenters. The van der Waals surface area contributed by atoms with Crippen LogP contribution >= 0.6 is 11.8 Å². The van der Waals surface area contributed by atoms with Crippen LogP contribution in [0.4, 0.5) is 0 Å². The summed E-state index contributed by atoms with van der Waals surface area (Å²) in [4.78, 5) is 50.2. The Labute approximate surface area is 190 Å². The first-order chi connectivity index (χ1) is 15.2. The summed E-state index contributed by atoms with van der Waals surface area (Å²) >= 11 is 1.48. The molecule has 3 atom stereocenters. The number of carboxylic acids is 1. The molecule has 10 nitrogen and oxygen atoms in total. The number of nitrogens with zero attached hydrogens (tertiary/aromatic N) is 1. The number of likely N-dealkylation sites (tertiary alicyclic amines) is 1. The maximum absolute atomic E-state index is 12.6. The van der Waals surface area contributed by atoms with Gasteiger partial charge < -0.3 is 31.5 Å². The number of carbonyl (C=O) groups excluding carboxylic acids is 3. The minimum absolute atomic E-state index is 0.112. The van der Waals surface area contributed by atoms with Gasteiger partial charge in [-0.05, 0) is 55.4 Å². The molecule has 1 aromatic rings. The lowest BCUT2D eigenvalue weighted by molar-refractivity contribution is -0.144. The molecule has 0 saturated carbocycles. The number of aromatic hydroxyl groups is 1. The number of hydrogen-bond donors (Lipinski definition) is 5. The average molecular weight is 467 g/mol. The van der Waals surface area contributed by atoms with Crippen molar-refractivity contribution in [1.82, 2.24) is 15.5 Å². The summed E-state index contributed by atoms with van der Waals surface area (Å²) in [5, 5.41) is 23.6. The van der Waals surface area contributed by atoms with Crippen molar-refractivity contribution < 1.29 is 29.4 Å². The Bertz CT molecular complexity index is 819. The topological polar surface area (TPSA) is 162 Å². The van der Waals surface area contributed by atoms with E-state index in [9.17, 15) is 29.4 Å². The Hall–Kier alpha value is -2.79. The number of amides is 3. The summed E-state index contributed by atoms with van der Waals surface area (Å²) in [6, 6.07) is 3.66. The summed E-state index contributed by atoms with van der Waals surface area (Å²) in [7, 11) is 0. The number of phenolic OH excluding ortho intramolecular Hbond substituents is 1. The quantitative estimate of drug-likeness (QED) is 0.297. The highest BCUT2D eigenvalue weighted by molar-refractivity contribution is 7.98. The van der Waals surface area contributed by atoms with Gasteiger partial charge in [0.2, 0.25) is 17.7 Å². The molecule has 1 aromatic carbocycles. The zero-order chi connectivity index (χ0) is 23.7. The molecule has 2 rings (SSSR count). The number of nitrogens with one attached hydrogen (secondary N) is 2. The number of nitrogens with two attached hydrogens (primary N) is 1. The molecule has 0 radical (unpaired) electrons. The maximum Gasteiger partial charge on any atom is 0.326 e. The summed E-state index contributed by atoms with van der Waals surface area (Å²) in [5.74, 6) is -1.85. The fraction of sp³-hybridized carbons (Fsp3) is 0.524. The van der Waals surface area contributed by atoms with E-state index in [0.717, 1.165) is 5.56 Å². The van der Waals surface area contributed by atoms with Crippen LogP contribution in [0.2, 0.25) is 0 Å². The molecule has 1 saturated heterocycles. The van der Waals surface area contributed by atoms with Crippen molar-refractivity contribution in [1.29, 1.82) is 0 Å². The lowest BCUT2D eigenvalue weighted by Crippen LogP contribution is -2.53. The lowest BCUT2D eigenvalue weighted by atomic mass is 10.1. The van der Waals surface area contributed by atoms with E-state index in [1.807, 2.05) is 6.26 Å². The third-order valence-corrected chi connectivity index (χ3v) is 5.89. The van der Waals surface area contributed by atoms with E-state index in [4.69, 9.17) is 5.73 Å². The molecule has 0 bridgehead atoms. The highest BCUT2D eigenvalue weighted by atomic mass is 32.2. The molecule has 11 heteroatoms. The second-order valence-electron chi connectivity index (χ2n) is 7.62. The van der Waals surface area contributed by atoms with Crippen LogP contribution < -0.4 is 16.4 Å². The van der Waals surface area contributed by atoms with Gasteiger partial charge in [-0.2, -0.15) is 11.8 Å². The Morgan fingerprint density at radius 2 is 1.94 bits per heavy atom. The minimum Gasteiger partial charge on any atom is -0.508 e. The maximum atomic E-state index is 12.6. The molecule has 6 N–H and O–H groups in total. The second-order valence-corrected chi connectivity index (χ2v) is 8.61. The van der Waals surface area contributed by atoms with Crippen LogP contribution in [0.1, 0.15) is 24.8 Å². The molecule has 1 heterocycles. The summed E-state index contributed by atoms with van der Waals surface area (Å²) in [5.41, 5.74) is 6.67. The van der Waals surface area contributed by atoms with Crippen molar-refractivity contribution in [2.45, 2.75) is 43.8 Å². The molecule has 1 fully saturated rings. The van der Waals surface area contributed by atoms with E-state index in [2.05, 4.69) is 10.6 Å². The predicted octanol–water partition coefficient (Wildman–Crippen LogP) is -0.308. The molecule has 0 aliphatic carbocycles. The first-order valence-electron chi connectivity index (χ1n) is 10.4. The van der Waals surface area contributed by atoms with Crippen LogP contribution in [0.15, 0.2) is 24.3 Å². The number of carbonyl (C=O) groups is 4. The zero-order valence-electron chi connectivity index (χ0n) is 18.0. The van der Waals surface area contributed by atoms with E-state index >= 15 is 0 Å². The lowest BCUT2D eigenvalue weighted by Gasteiger charge is -2.26. The van der Waals surface area contributed by atoms with E-state index in [0.29, 0.717) is 25.1 Å². The molecule has 3 amide bonds. The number of rotatable bonds is 11. The van der Waals surface area contributed by atoms with Crippen molar-refractivity contribution in [3.05, 3.63) is 29.8 Å². The second kappa shape index (κ2) is 12.3. The van der Waals surface area contributed by atoms with Gasteiger partial charge in [0.05, 0.1) is 12.6 Å². The van der Waals surface area contributed by atoms with Gasteiger partial charge in [0.1, 0.15) is 17.8 Å². The minimum atomic E-state index is -1.11. The van der Waals surface area contributed by atoms with Gasteiger partial charge in [-0.3, -0.25) is 14.4 Å². The van der Waals surface area contributed by atoms with Gasteiger partial charge in [0.15, 0.2) is 0 Å². The van der Waals surface area contributed by atoms with Crippen LogP contribution in [0.25, 0.3) is 0 Å². The van der Waals surface area contributed by atoms with Gasteiger partial charge in [-0.25, -0.2) is 4.79 Å². The van der Waals surface area contributed by atoms with Crippen LogP contribution in [-0.4, -0.2) is 82.0 Å².